The number of nitrogens with zero attached hydrogens (tertiary/aromatic N) is 2. The van der Waals surface area contributed by atoms with Crippen LogP contribution in [0.25, 0.3) is 6.08 Å². The summed E-state index contributed by atoms with van der Waals surface area (Å²) >= 11 is 6.39. The molecule has 1 aliphatic heterocycles. The first-order valence-electron chi connectivity index (χ1n) is 12.8. The van der Waals surface area contributed by atoms with Gasteiger partial charge < -0.3 is 30.2 Å². The van der Waals surface area contributed by atoms with Gasteiger partial charge in [0.1, 0.15) is 29.5 Å². The predicted octanol–water partition coefficient (Wildman–Crippen LogP) is 6.05. The van der Waals surface area contributed by atoms with E-state index in [4.69, 9.17) is 25.8 Å². The summed E-state index contributed by atoms with van der Waals surface area (Å²) in [6.07, 6.45) is -0.108. The zero-order valence-electron chi connectivity index (χ0n) is 22.2. The highest BCUT2D eigenvalue weighted by molar-refractivity contribution is 6.32. The van der Waals surface area contributed by atoms with E-state index in [-0.39, 0.29) is 22.4 Å². The summed E-state index contributed by atoms with van der Waals surface area (Å²) in [5.41, 5.74) is 0.860. The van der Waals surface area contributed by atoms with E-state index in [2.05, 4.69) is 25.9 Å². The number of amides is 1. The maximum absolute atomic E-state index is 13.0. The SMILES string of the molecule is COCCCOCCNC(=O)C1=Cc2c(ncnc2Nc2ccc(Oc3cccc(C(F)(F)F)c3)c(Cl)c2)NCC1. The molecule has 0 atom stereocenters. The lowest BCUT2D eigenvalue weighted by atomic mass is 10.1. The van der Waals surface area contributed by atoms with Gasteiger partial charge in [-0.3, -0.25) is 4.79 Å². The third kappa shape index (κ3) is 8.56. The molecule has 1 aliphatic rings. The van der Waals surface area contributed by atoms with Crippen LogP contribution < -0.4 is 20.7 Å². The summed E-state index contributed by atoms with van der Waals surface area (Å²) in [5.74, 6) is 0.958. The smallest absolute Gasteiger partial charge is 0.416 e. The fraction of sp³-hybridized carbons (Fsp3) is 0.321. The summed E-state index contributed by atoms with van der Waals surface area (Å²) in [4.78, 5) is 21.5. The van der Waals surface area contributed by atoms with Crippen LogP contribution in [-0.4, -0.2) is 55.9 Å². The second-order valence-electron chi connectivity index (χ2n) is 8.94. The number of hydrogen-bond acceptors (Lipinski definition) is 8. The van der Waals surface area contributed by atoms with E-state index in [1.165, 1.54) is 24.5 Å². The molecular formula is C28H29ClF3N5O4. The molecular weight excluding hydrogens is 563 g/mol. The molecule has 0 fully saturated rings. The van der Waals surface area contributed by atoms with Crippen LogP contribution in [-0.2, 0) is 20.4 Å². The minimum Gasteiger partial charge on any atom is -0.456 e. The molecule has 4 rings (SSSR count). The fourth-order valence-electron chi connectivity index (χ4n) is 3.93. The van der Waals surface area contributed by atoms with E-state index >= 15 is 0 Å². The van der Waals surface area contributed by atoms with Crippen molar-refractivity contribution in [3.8, 4) is 11.5 Å². The van der Waals surface area contributed by atoms with Gasteiger partial charge in [0, 0.05) is 44.7 Å². The number of benzene rings is 2. The monoisotopic (exact) mass is 591 g/mol. The first-order valence-corrected chi connectivity index (χ1v) is 13.2. The third-order valence-electron chi connectivity index (χ3n) is 5.93. The quantitative estimate of drug-likeness (QED) is 0.219. The fourth-order valence-corrected chi connectivity index (χ4v) is 4.15. The molecule has 0 unspecified atom stereocenters. The van der Waals surface area contributed by atoms with E-state index in [9.17, 15) is 18.0 Å². The maximum Gasteiger partial charge on any atom is 0.416 e. The van der Waals surface area contributed by atoms with Crippen LogP contribution in [0.2, 0.25) is 5.02 Å². The van der Waals surface area contributed by atoms with Crippen LogP contribution in [0, 0.1) is 0 Å². The van der Waals surface area contributed by atoms with Gasteiger partial charge in [0.25, 0.3) is 0 Å². The number of fused-ring (bicyclic) bond motifs is 1. The second-order valence-corrected chi connectivity index (χ2v) is 9.35. The van der Waals surface area contributed by atoms with Crippen LogP contribution in [0.3, 0.4) is 0 Å². The number of nitrogens with one attached hydrogen (secondary N) is 3. The number of anilines is 3. The highest BCUT2D eigenvalue weighted by Gasteiger charge is 2.30. The van der Waals surface area contributed by atoms with E-state index < -0.39 is 11.7 Å². The lowest BCUT2D eigenvalue weighted by molar-refractivity contribution is -0.137. The van der Waals surface area contributed by atoms with Crippen molar-refractivity contribution in [3.63, 3.8) is 0 Å². The number of carbonyl (C=O) groups excluding carboxylic acids is 1. The Morgan fingerprint density at radius 1 is 1.12 bits per heavy atom. The summed E-state index contributed by atoms with van der Waals surface area (Å²) < 4.78 is 55.2. The molecule has 9 nitrogen and oxygen atoms in total. The molecule has 0 saturated heterocycles. The molecule has 2 heterocycles. The van der Waals surface area contributed by atoms with Crippen LogP contribution in [0.5, 0.6) is 11.5 Å². The molecule has 0 aliphatic carbocycles. The Bertz CT molecular complexity index is 1390. The Morgan fingerprint density at radius 3 is 2.76 bits per heavy atom. The number of methoxy groups -OCH3 is 1. The number of hydrogen-bond donors (Lipinski definition) is 3. The highest BCUT2D eigenvalue weighted by atomic mass is 35.5. The van der Waals surface area contributed by atoms with E-state index in [1.807, 2.05) is 0 Å². The van der Waals surface area contributed by atoms with Crippen molar-refractivity contribution in [1.82, 2.24) is 15.3 Å². The molecule has 218 valence electrons. The lowest BCUT2D eigenvalue weighted by Crippen LogP contribution is -2.29. The Morgan fingerprint density at radius 2 is 1.98 bits per heavy atom. The molecule has 0 radical (unpaired) electrons. The number of halogens is 4. The van der Waals surface area contributed by atoms with Crippen molar-refractivity contribution in [2.75, 3.05) is 50.7 Å². The Kier molecular flexibility index (Phi) is 10.4. The first-order chi connectivity index (χ1) is 19.7. The molecule has 3 aromatic rings. The van der Waals surface area contributed by atoms with Crippen molar-refractivity contribution in [3.05, 3.63) is 70.5 Å². The molecule has 0 spiro atoms. The molecule has 13 heteroatoms. The van der Waals surface area contributed by atoms with Gasteiger partial charge in [-0.25, -0.2) is 9.97 Å². The third-order valence-corrected chi connectivity index (χ3v) is 6.23. The minimum absolute atomic E-state index is 0.00299. The van der Waals surface area contributed by atoms with Crippen molar-refractivity contribution in [1.29, 1.82) is 0 Å². The van der Waals surface area contributed by atoms with Gasteiger partial charge in [0.15, 0.2) is 0 Å². The first kappa shape index (κ1) is 30.1. The average molecular weight is 592 g/mol. The highest BCUT2D eigenvalue weighted by Crippen LogP contribution is 2.36. The van der Waals surface area contributed by atoms with Gasteiger partial charge in [0.2, 0.25) is 5.91 Å². The van der Waals surface area contributed by atoms with E-state index in [0.29, 0.717) is 67.8 Å². The topological polar surface area (TPSA) is 107 Å². The van der Waals surface area contributed by atoms with Crippen molar-refractivity contribution >= 4 is 40.9 Å². The largest absolute Gasteiger partial charge is 0.456 e. The van der Waals surface area contributed by atoms with Gasteiger partial charge >= 0.3 is 6.18 Å². The van der Waals surface area contributed by atoms with Crippen LogP contribution in [0.1, 0.15) is 24.0 Å². The van der Waals surface area contributed by atoms with Gasteiger partial charge in [-0.1, -0.05) is 17.7 Å². The Labute approximate surface area is 240 Å². The molecule has 0 saturated carbocycles. The summed E-state index contributed by atoms with van der Waals surface area (Å²) in [6.45, 7) is 2.44. The molecule has 0 bridgehead atoms. The molecule has 1 amide bonds. The summed E-state index contributed by atoms with van der Waals surface area (Å²) in [7, 11) is 1.63. The van der Waals surface area contributed by atoms with Crippen LogP contribution in [0.4, 0.5) is 30.5 Å². The average Bonchev–Trinajstić information content (AvgIpc) is 3.17. The normalized spacial score (nSPS) is 13.0. The summed E-state index contributed by atoms with van der Waals surface area (Å²) in [5, 5.41) is 9.42. The zero-order valence-corrected chi connectivity index (χ0v) is 22.9. The standard InChI is InChI=1S/C28H29ClF3N5O4/c1-39-11-3-12-40-13-10-34-27(38)18-8-9-33-25-22(14-18)26(36-17-35-25)37-20-6-7-24(23(29)16-20)41-21-5-2-4-19(15-21)28(30,31)32/h2,4-7,14-17H,3,8-13H2,1H3,(H,34,38)(H2,33,35,36,37). The second kappa shape index (κ2) is 14.2. The van der Waals surface area contributed by atoms with Crippen molar-refractivity contribution in [2.24, 2.45) is 0 Å². The lowest BCUT2D eigenvalue weighted by Gasteiger charge is -2.14. The van der Waals surface area contributed by atoms with Gasteiger partial charge in [0.05, 0.1) is 22.8 Å². The molecule has 1 aromatic heterocycles. The number of ether oxygens (including phenoxy) is 3. The Balaban J connectivity index is 1.44. The van der Waals surface area contributed by atoms with Crippen molar-refractivity contribution in [2.45, 2.75) is 19.0 Å². The van der Waals surface area contributed by atoms with E-state index in [1.54, 1.807) is 25.3 Å². The van der Waals surface area contributed by atoms with Crippen molar-refractivity contribution < 1.29 is 32.2 Å². The zero-order chi connectivity index (χ0) is 29.2. The maximum atomic E-state index is 13.0. The number of rotatable bonds is 12. The molecule has 2 aromatic carbocycles. The summed E-state index contributed by atoms with van der Waals surface area (Å²) in [6, 6.07) is 9.29. The molecule has 41 heavy (non-hydrogen) atoms. The molecule has 3 N–H and O–H groups in total. The number of carbonyl (C=O) groups is 1. The Hall–Kier alpha value is -3.87. The van der Waals surface area contributed by atoms with Gasteiger partial charge in [-0.15, -0.1) is 0 Å². The van der Waals surface area contributed by atoms with Gasteiger partial charge in [-0.2, -0.15) is 13.2 Å². The number of alkyl halides is 3. The van der Waals surface area contributed by atoms with Crippen LogP contribution in [0.15, 0.2) is 54.4 Å². The van der Waals surface area contributed by atoms with Crippen LogP contribution >= 0.6 is 11.6 Å². The predicted molar refractivity (Wildman–Crippen MR) is 150 cm³/mol. The van der Waals surface area contributed by atoms with Gasteiger partial charge in [-0.05, 0) is 55.3 Å². The van der Waals surface area contributed by atoms with E-state index in [0.717, 1.165) is 18.6 Å². The number of aromatic nitrogens is 2. The minimum atomic E-state index is -4.49.